The third kappa shape index (κ3) is 5.13. The van der Waals surface area contributed by atoms with Crippen LogP contribution in [-0.4, -0.2) is 20.5 Å². The van der Waals surface area contributed by atoms with Crippen molar-refractivity contribution < 1.29 is 4.74 Å². The maximum absolute atomic E-state index is 5.88. The summed E-state index contributed by atoms with van der Waals surface area (Å²) < 4.78 is 8.59. The average molecular weight is 353 g/mol. The molecule has 1 N–H and O–H groups in total. The Morgan fingerprint density at radius 2 is 2.10 bits per heavy atom. The lowest BCUT2D eigenvalue weighted by molar-refractivity contribution is 0.295. The number of ether oxygens (including phenoxy) is 1. The van der Waals surface area contributed by atoms with Gasteiger partial charge in [0.25, 0.3) is 0 Å². The largest absolute Gasteiger partial charge is 0.487 e. The van der Waals surface area contributed by atoms with Gasteiger partial charge in [-0.1, -0.05) is 21.1 Å². The summed E-state index contributed by atoms with van der Waals surface area (Å²) >= 11 is 3.51. The number of benzene rings is 1. The molecule has 0 radical (unpaired) electrons. The van der Waals surface area contributed by atoms with Crippen LogP contribution in [0.2, 0.25) is 0 Å². The number of nitrogens with zero attached hydrogens (tertiary/aromatic N) is 3. The van der Waals surface area contributed by atoms with Gasteiger partial charge in [-0.05, 0) is 39.0 Å². The molecule has 0 unspecified atom stereocenters. The Labute approximate surface area is 133 Å². The second kappa shape index (κ2) is 6.58. The van der Waals surface area contributed by atoms with Gasteiger partial charge in [0, 0.05) is 29.2 Å². The van der Waals surface area contributed by atoms with E-state index in [0.29, 0.717) is 6.61 Å². The maximum Gasteiger partial charge on any atom is 0.134 e. The Bertz CT molecular complexity index is 604. The number of aryl methyl sites for hydroxylation is 1. The van der Waals surface area contributed by atoms with Crippen molar-refractivity contribution in [3.8, 4) is 5.75 Å². The van der Waals surface area contributed by atoms with Crippen molar-refractivity contribution in [3.63, 3.8) is 0 Å². The molecular weight excluding hydrogens is 332 g/mol. The first-order valence-corrected chi connectivity index (χ1v) is 7.64. The lowest BCUT2D eigenvalue weighted by atomic mass is 10.1. The van der Waals surface area contributed by atoms with Crippen molar-refractivity contribution >= 4 is 15.9 Å². The molecule has 1 aromatic heterocycles. The molecule has 0 saturated heterocycles. The quantitative estimate of drug-likeness (QED) is 0.898. The lowest BCUT2D eigenvalue weighted by Crippen LogP contribution is -2.35. The minimum absolute atomic E-state index is 0.0600. The van der Waals surface area contributed by atoms with Gasteiger partial charge in [0.2, 0.25) is 0 Å². The van der Waals surface area contributed by atoms with Crippen molar-refractivity contribution in [1.29, 1.82) is 0 Å². The first-order chi connectivity index (χ1) is 9.83. The molecule has 0 saturated carbocycles. The lowest BCUT2D eigenvalue weighted by Gasteiger charge is -2.21. The SMILES string of the molecule is Cn1cc(COc2ccc(Br)cc2CNC(C)(C)C)nn1. The summed E-state index contributed by atoms with van der Waals surface area (Å²) in [4.78, 5) is 0. The first-order valence-electron chi connectivity index (χ1n) is 6.85. The van der Waals surface area contributed by atoms with Gasteiger partial charge in [-0.25, -0.2) is 0 Å². The zero-order chi connectivity index (χ0) is 15.5. The Hall–Kier alpha value is -1.40. The number of nitrogens with one attached hydrogen (secondary N) is 1. The van der Waals surface area contributed by atoms with E-state index in [9.17, 15) is 0 Å². The van der Waals surface area contributed by atoms with Gasteiger partial charge in [-0.2, -0.15) is 0 Å². The summed E-state index contributed by atoms with van der Waals surface area (Å²) in [6.07, 6.45) is 1.85. The van der Waals surface area contributed by atoms with Crippen LogP contribution in [-0.2, 0) is 20.2 Å². The van der Waals surface area contributed by atoms with Gasteiger partial charge in [0.15, 0.2) is 0 Å². The average Bonchev–Trinajstić information content (AvgIpc) is 2.80. The van der Waals surface area contributed by atoms with Crippen LogP contribution in [0.3, 0.4) is 0 Å². The number of aromatic nitrogens is 3. The van der Waals surface area contributed by atoms with Gasteiger partial charge in [0.1, 0.15) is 18.1 Å². The first kappa shape index (κ1) is 16.0. The molecule has 0 fully saturated rings. The highest BCUT2D eigenvalue weighted by Gasteiger charge is 2.12. The summed E-state index contributed by atoms with van der Waals surface area (Å²) in [5, 5.41) is 11.4. The molecule has 5 nitrogen and oxygen atoms in total. The fourth-order valence-corrected chi connectivity index (χ4v) is 2.21. The molecule has 1 heterocycles. The molecule has 0 bridgehead atoms. The summed E-state index contributed by atoms with van der Waals surface area (Å²) in [6.45, 7) is 7.60. The third-order valence-corrected chi connectivity index (χ3v) is 3.35. The van der Waals surface area contributed by atoms with Gasteiger partial charge in [-0.3, -0.25) is 4.68 Å². The van der Waals surface area contributed by atoms with E-state index in [-0.39, 0.29) is 5.54 Å². The number of hydrogen-bond donors (Lipinski definition) is 1. The smallest absolute Gasteiger partial charge is 0.134 e. The van der Waals surface area contributed by atoms with E-state index >= 15 is 0 Å². The molecule has 0 aliphatic heterocycles. The summed E-state index contributed by atoms with van der Waals surface area (Å²) in [7, 11) is 1.84. The molecule has 0 atom stereocenters. The van der Waals surface area contributed by atoms with Crippen LogP contribution in [0.4, 0.5) is 0 Å². The van der Waals surface area contributed by atoms with Gasteiger partial charge in [0.05, 0.1) is 6.20 Å². The molecule has 0 aliphatic rings. The Kier molecular flexibility index (Phi) is 5.00. The predicted octanol–water partition coefficient (Wildman–Crippen LogP) is 3.04. The zero-order valence-corrected chi connectivity index (χ0v) is 14.4. The molecule has 2 aromatic rings. The summed E-state index contributed by atoms with van der Waals surface area (Å²) in [5.74, 6) is 0.862. The van der Waals surface area contributed by atoms with E-state index in [1.54, 1.807) is 4.68 Å². The van der Waals surface area contributed by atoms with Crippen molar-refractivity contribution in [1.82, 2.24) is 20.3 Å². The zero-order valence-electron chi connectivity index (χ0n) is 12.9. The molecular formula is C15H21BrN4O. The molecule has 0 spiro atoms. The van der Waals surface area contributed by atoms with Gasteiger partial charge < -0.3 is 10.1 Å². The Morgan fingerprint density at radius 1 is 1.33 bits per heavy atom. The van der Waals surface area contributed by atoms with Crippen LogP contribution in [0.25, 0.3) is 0 Å². The molecule has 0 amide bonds. The second-order valence-electron chi connectivity index (χ2n) is 6.03. The third-order valence-electron chi connectivity index (χ3n) is 2.86. The van der Waals surface area contributed by atoms with E-state index in [4.69, 9.17) is 4.74 Å². The van der Waals surface area contributed by atoms with Crippen LogP contribution >= 0.6 is 15.9 Å². The van der Waals surface area contributed by atoms with Crippen molar-refractivity contribution in [2.45, 2.75) is 39.5 Å². The summed E-state index contributed by atoms with van der Waals surface area (Å²) in [6, 6.07) is 6.03. The topological polar surface area (TPSA) is 52.0 Å². The van der Waals surface area contributed by atoms with Gasteiger partial charge in [-0.15, -0.1) is 5.10 Å². The van der Waals surface area contributed by atoms with Crippen LogP contribution in [0, 0.1) is 0 Å². The Balaban J connectivity index is 2.07. The van der Waals surface area contributed by atoms with Gasteiger partial charge >= 0.3 is 0 Å². The predicted molar refractivity (Wildman–Crippen MR) is 86.1 cm³/mol. The normalized spacial score (nSPS) is 11.7. The summed E-state index contributed by atoms with van der Waals surface area (Å²) in [5.41, 5.74) is 1.99. The van der Waals surface area contributed by atoms with E-state index in [1.165, 1.54) is 0 Å². The highest BCUT2D eigenvalue weighted by Crippen LogP contribution is 2.24. The van der Waals surface area contributed by atoms with Crippen molar-refractivity contribution in [2.24, 2.45) is 7.05 Å². The monoisotopic (exact) mass is 352 g/mol. The van der Waals surface area contributed by atoms with E-state index in [2.05, 4.69) is 58.4 Å². The molecule has 2 rings (SSSR count). The number of rotatable bonds is 5. The van der Waals surface area contributed by atoms with Crippen molar-refractivity contribution in [2.75, 3.05) is 0 Å². The molecule has 1 aromatic carbocycles. The highest BCUT2D eigenvalue weighted by molar-refractivity contribution is 9.10. The fourth-order valence-electron chi connectivity index (χ4n) is 1.80. The fraction of sp³-hybridized carbons (Fsp3) is 0.467. The Morgan fingerprint density at radius 3 is 2.71 bits per heavy atom. The van der Waals surface area contributed by atoms with Crippen LogP contribution < -0.4 is 10.1 Å². The molecule has 114 valence electrons. The van der Waals surface area contributed by atoms with Crippen LogP contribution in [0.15, 0.2) is 28.9 Å². The maximum atomic E-state index is 5.88. The van der Waals surface area contributed by atoms with Crippen LogP contribution in [0.1, 0.15) is 32.0 Å². The second-order valence-corrected chi connectivity index (χ2v) is 6.94. The van der Waals surface area contributed by atoms with Crippen molar-refractivity contribution in [3.05, 3.63) is 40.1 Å². The number of halogens is 1. The van der Waals surface area contributed by atoms with Crippen LogP contribution in [0.5, 0.6) is 5.75 Å². The molecule has 6 heteroatoms. The minimum Gasteiger partial charge on any atom is -0.487 e. The number of hydrogen-bond acceptors (Lipinski definition) is 4. The molecule has 0 aliphatic carbocycles. The highest BCUT2D eigenvalue weighted by atomic mass is 79.9. The van der Waals surface area contributed by atoms with E-state index in [1.807, 2.05) is 25.4 Å². The standard InChI is InChI=1S/C15H21BrN4O/c1-15(2,3)17-8-11-7-12(16)5-6-14(11)21-10-13-9-20(4)19-18-13/h5-7,9,17H,8,10H2,1-4H3. The van der Waals surface area contributed by atoms with E-state index < -0.39 is 0 Å². The minimum atomic E-state index is 0.0600. The molecule has 21 heavy (non-hydrogen) atoms. The van der Waals surface area contributed by atoms with E-state index in [0.717, 1.165) is 28.0 Å².